The lowest BCUT2D eigenvalue weighted by molar-refractivity contribution is -0.127. The number of rotatable bonds is 5. The Balaban J connectivity index is 1.94. The second-order valence-electron chi connectivity index (χ2n) is 5.23. The van der Waals surface area contributed by atoms with Crippen LogP contribution in [0.4, 0.5) is 0 Å². The Bertz CT molecular complexity index is 449. The van der Waals surface area contributed by atoms with E-state index in [9.17, 15) is 4.79 Å². The minimum absolute atomic E-state index is 0.0520. The molecular formula is C14H22BrN3O2. The van der Waals surface area contributed by atoms with E-state index in [2.05, 4.69) is 33.1 Å². The van der Waals surface area contributed by atoms with Gasteiger partial charge in [0.15, 0.2) is 4.67 Å². The summed E-state index contributed by atoms with van der Waals surface area (Å²) in [6.07, 6.45) is 1.98. The summed E-state index contributed by atoms with van der Waals surface area (Å²) in [6, 6.07) is 4.07. The summed E-state index contributed by atoms with van der Waals surface area (Å²) in [6.45, 7) is 4.93. The Morgan fingerprint density at radius 2 is 2.45 bits per heavy atom. The van der Waals surface area contributed by atoms with Gasteiger partial charge in [-0.15, -0.1) is 0 Å². The van der Waals surface area contributed by atoms with Crippen LogP contribution in [-0.4, -0.2) is 37.0 Å². The van der Waals surface area contributed by atoms with Gasteiger partial charge in [-0.1, -0.05) is 0 Å². The highest BCUT2D eigenvalue weighted by molar-refractivity contribution is 9.10. The lowest BCUT2D eigenvalue weighted by Crippen LogP contribution is -2.44. The van der Waals surface area contributed by atoms with Gasteiger partial charge in [0.2, 0.25) is 5.91 Å². The van der Waals surface area contributed by atoms with Crippen molar-refractivity contribution in [1.82, 2.24) is 10.2 Å². The van der Waals surface area contributed by atoms with Gasteiger partial charge in [0.1, 0.15) is 5.76 Å². The van der Waals surface area contributed by atoms with E-state index in [1.54, 1.807) is 0 Å². The molecule has 1 aromatic heterocycles. The minimum Gasteiger partial charge on any atom is -0.453 e. The zero-order valence-corrected chi connectivity index (χ0v) is 13.4. The normalized spacial score (nSPS) is 21.6. The highest BCUT2D eigenvalue weighted by Gasteiger charge is 2.29. The average Bonchev–Trinajstić information content (AvgIpc) is 2.90. The fraction of sp³-hybridized carbons (Fsp3) is 0.643. The fourth-order valence-corrected chi connectivity index (χ4v) is 2.96. The van der Waals surface area contributed by atoms with E-state index in [1.165, 1.54) is 0 Å². The van der Waals surface area contributed by atoms with Crippen LogP contribution in [-0.2, 0) is 4.79 Å². The third-order valence-electron chi connectivity index (χ3n) is 3.82. The number of hydrogen-bond acceptors (Lipinski definition) is 4. The van der Waals surface area contributed by atoms with E-state index in [1.807, 2.05) is 12.1 Å². The lowest BCUT2D eigenvalue weighted by Gasteiger charge is -2.35. The third-order valence-corrected chi connectivity index (χ3v) is 4.25. The summed E-state index contributed by atoms with van der Waals surface area (Å²) < 4.78 is 6.36. The standard InChI is InChI=1S/C14H22BrN3O2/c1-10(12-4-5-13(15)20-12)18-8-2-3-11(9-18)14(19)17-7-6-16/h4-5,10-11H,2-3,6-9,16H2,1H3,(H,17,19). The molecule has 1 aliphatic heterocycles. The van der Waals surface area contributed by atoms with E-state index < -0.39 is 0 Å². The molecule has 1 amide bonds. The van der Waals surface area contributed by atoms with Gasteiger partial charge in [0, 0.05) is 19.6 Å². The Labute approximate surface area is 128 Å². The van der Waals surface area contributed by atoms with E-state index in [4.69, 9.17) is 10.2 Å². The van der Waals surface area contributed by atoms with Crippen molar-refractivity contribution < 1.29 is 9.21 Å². The maximum absolute atomic E-state index is 12.0. The molecule has 0 saturated carbocycles. The number of halogens is 1. The van der Waals surface area contributed by atoms with Crippen molar-refractivity contribution in [3.8, 4) is 0 Å². The quantitative estimate of drug-likeness (QED) is 0.856. The number of hydrogen-bond donors (Lipinski definition) is 2. The van der Waals surface area contributed by atoms with Crippen LogP contribution in [0.3, 0.4) is 0 Å². The molecule has 0 aliphatic carbocycles. The smallest absolute Gasteiger partial charge is 0.224 e. The molecule has 2 heterocycles. The molecule has 1 fully saturated rings. The Hall–Kier alpha value is -0.850. The van der Waals surface area contributed by atoms with Crippen molar-refractivity contribution in [2.45, 2.75) is 25.8 Å². The third kappa shape index (κ3) is 3.84. The molecule has 3 N–H and O–H groups in total. The van der Waals surface area contributed by atoms with E-state index in [-0.39, 0.29) is 17.9 Å². The maximum atomic E-state index is 12.0. The Kier molecular flexibility index (Phi) is 5.63. The summed E-state index contributed by atoms with van der Waals surface area (Å²) in [5.41, 5.74) is 5.42. The van der Waals surface area contributed by atoms with Crippen molar-refractivity contribution in [3.05, 3.63) is 22.6 Å². The summed E-state index contributed by atoms with van der Waals surface area (Å²) in [7, 11) is 0. The van der Waals surface area contributed by atoms with Crippen molar-refractivity contribution >= 4 is 21.8 Å². The highest BCUT2D eigenvalue weighted by atomic mass is 79.9. The monoisotopic (exact) mass is 343 g/mol. The summed E-state index contributed by atoms with van der Waals surface area (Å²) in [5, 5.41) is 2.88. The molecule has 0 spiro atoms. The summed E-state index contributed by atoms with van der Waals surface area (Å²) in [4.78, 5) is 14.3. The van der Waals surface area contributed by atoms with Crippen molar-refractivity contribution in [2.24, 2.45) is 11.7 Å². The van der Waals surface area contributed by atoms with E-state index >= 15 is 0 Å². The molecule has 20 heavy (non-hydrogen) atoms. The second kappa shape index (κ2) is 7.24. The van der Waals surface area contributed by atoms with Gasteiger partial charge in [0.25, 0.3) is 0 Å². The Morgan fingerprint density at radius 1 is 1.65 bits per heavy atom. The zero-order valence-electron chi connectivity index (χ0n) is 11.8. The molecule has 2 unspecified atom stereocenters. The number of nitrogens with one attached hydrogen (secondary N) is 1. The lowest BCUT2D eigenvalue weighted by atomic mass is 9.95. The molecular weight excluding hydrogens is 322 g/mol. The van der Waals surface area contributed by atoms with Crippen LogP contribution in [0.2, 0.25) is 0 Å². The van der Waals surface area contributed by atoms with Gasteiger partial charge in [0.05, 0.1) is 12.0 Å². The van der Waals surface area contributed by atoms with Crippen molar-refractivity contribution in [2.75, 3.05) is 26.2 Å². The molecule has 1 aromatic rings. The van der Waals surface area contributed by atoms with Gasteiger partial charge in [-0.2, -0.15) is 0 Å². The van der Waals surface area contributed by atoms with E-state index in [0.29, 0.717) is 13.1 Å². The van der Waals surface area contributed by atoms with Crippen LogP contribution in [0.15, 0.2) is 21.2 Å². The van der Waals surface area contributed by atoms with Crippen LogP contribution in [0.1, 0.15) is 31.6 Å². The number of likely N-dealkylation sites (tertiary alicyclic amines) is 1. The number of amides is 1. The average molecular weight is 344 g/mol. The molecule has 1 aliphatic rings. The van der Waals surface area contributed by atoms with Gasteiger partial charge in [-0.3, -0.25) is 9.69 Å². The first-order valence-corrected chi connectivity index (χ1v) is 7.88. The summed E-state index contributed by atoms with van der Waals surface area (Å²) >= 11 is 3.33. The van der Waals surface area contributed by atoms with Gasteiger partial charge >= 0.3 is 0 Å². The molecule has 6 heteroatoms. The molecule has 5 nitrogen and oxygen atoms in total. The first-order chi connectivity index (χ1) is 9.61. The molecule has 2 atom stereocenters. The maximum Gasteiger partial charge on any atom is 0.224 e. The highest BCUT2D eigenvalue weighted by Crippen LogP contribution is 2.29. The van der Waals surface area contributed by atoms with Crippen LogP contribution < -0.4 is 11.1 Å². The van der Waals surface area contributed by atoms with Crippen molar-refractivity contribution in [3.63, 3.8) is 0 Å². The van der Waals surface area contributed by atoms with Crippen LogP contribution in [0.25, 0.3) is 0 Å². The van der Waals surface area contributed by atoms with Gasteiger partial charge < -0.3 is 15.5 Å². The predicted octanol–water partition coefficient (Wildman–Crippen LogP) is 1.89. The number of piperidine rings is 1. The molecule has 112 valence electrons. The zero-order chi connectivity index (χ0) is 14.5. The van der Waals surface area contributed by atoms with Crippen LogP contribution in [0, 0.1) is 5.92 Å². The Morgan fingerprint density at radius 3 is 3.10 bits per heavy atom. The topological polar surface area (TPSA) is 71.5 Å². The second-order valence-corrected chi connectivity index (χ2v) is 6.01. The SMILES string of the molecule is CC(c1ccc(Br)o1)N1CCCC(C(=O)NCCN)C1. The van der Waals surface area contributed by atoms with Gasteiger partial charge in [-0.05, 0) is 54.4 Å². The van der Waals surface area contributed by atoms with Crippen LogP contribution in [0.5, 0.6) is 0 Å². The van der Waals surface area contributed by atoms with Crippen LogP contribution >= 0.6 is 15.9 Å². The number of nitrogens with two attached hydrogens (primary N) is 1. The molecule has 0 radical (unpaired) electrons. The van der Waals surface area contributed by atoms with Gasteiger partial charge in [-0.25, -0.2) is 0 Å². The minimum atomic E-state index is 0.0520. The first kappa shape index (κ1) is 15.5. The summed E-state index contributed by atoms with van der Waals surface area (Å²) in [5.74, 6) is 1.10. The number of nitrogens with zero attached hydrogens (tertiary/aromatic N) is 1. The molecule has 0 aromatic carbocycles. The largest absolute Gasteiger partial charge is 0.453 e. The molecule has 1 saturated heterocycles. The molecule has 0 bridgehead atoms. The number of carbonyl (C=O) groups is 1. The fourth-order valence-electron chi connectivity index (χ4n) is 2.64. The van der Waals surface area contributed by atoms with E-state index in [0.717, 1.165) is 36.4 Å². The predicted molar refractivity (Wildman–Crippen MR) is 81.2 cm³/mol. The molecule has 2 rings (SSSR count). The first-order valence-electron chi connectivity index (χ1n) is 7.09. The number of carbonyl (C=O) groups excluding carboxylic acids is 1. The number of furan rings is 1. The van der Waals surface area contributed by atoms with Crippen molar-refractivity contribution in [1.29, 1.82) is 0 Å².